The molecule has 1 aromatic heterocycles. The number of thiazole rings is 1. The summed E-state index contributed by atoms with van der Waals surface area (Å²) in [5.41, 5.74) is 2.76. The molecule has 1 heterocycles. The Balaban J connectivity index is 2.10. The molecule has 0 aliphatic carbocycles. The van der Waals surface area contributed by atoms with Crippen LogP contribution in [0.5, 0.6) is 11.5 Å². The van der Waals surface area contributed by atoms with Gasteiger partial charge in [-0.2, -0.15) is 4.99 Å². The predicted octanol–water partition coefficient (Wildman–Crippen LogP) is 4.77. The minimum Gasteiger partial charge on any atom is -0.493 e. The quantitative estimate of drug-likeness (QED) is 0.564. The highest BCUT2D eigenvalue weighted by Gasteiger charge is 2.12. The van der Waals surface area contributed by atoms with Gasteiger partial charge in [0.2, 0.25) is 0 Å². The summed E-state index contributed by atoms with van der Waals surface area (Å²) in [5, 5.41) is 0. The number of nitrogens with zero attached hydrogens (tertiary/aromatic N) is 2. The van der Waals surface area contributed by atoms with Crippen LogP contribution in [0.1, 0.15) is 35.7 Å². The molecule has 146 valence electrons. The van der Waals surface area contributed by atoms with E-state index in [1.165, 1.54) is 16.9 Å². The molecule has 0 N–H and O–H groups in total. The molecule has 0 atom stereocenters. The summed E-state index contributed by atoms with van der Waals surface area (Å²) in [6.45, 7) is 8.75. The number of hydrogen-bond donors (Lipinski definition) is 0. The summed E-state index contributed by atoms with van der Waals surface area (Å²) >= 11 is 1.51. The first kappa shape index (κ1) is 19.9. The number of amides is 1. The maximum atomic E-state index is 12.8. The largest absolute Gasteiger partial charge is 0.493 e. The minimum atomic E-state index is -0.325. The topological polar surface area (TPSA) is 52.8 Å². The molecule has 0 unspecified atom stereocenters. The van der Waals surface area contributed by atoms with Crippen molar-refractivity contribution in [2.75, 3.05) is 14.2 Å². The second-order valence-corrected chi connectivity index (χ2v) is 7.66. The Morgan fingerprint density at radius 2 is 1.93 bits per heavy atom. The van der Waals surface area contributed by atoms with Gasteiger partial charge in [0.15, 0.2) is 16.3 Å². The van der Waals surface area contributed by atoms with Crippen LogP contribution in [-0.2, 0) is 6.54 Å². The Morgan fingerprint density at radius 1 is 1.18 bits per heavy atom. The number of carbonyl (C=O) groups excluding carboxylic acids is 1. The van der Waals surface area contributed by atoms with Crippen molar-refractivity contribution in [3.8, 4) is 11.5 Å². The van der Waals surface area contributed by atoms with Crippen molar-refractivity contribution in [3.63, 3.8) is 0 Å². The van der Waals surface area contributed by atoms with Crippen molar-refractivity contribution in [1.82, 2.24) is 4.57 Å². The molecule has 0 saturated carbocycles. The summed E-state index contributed by atoms with van der Waals surface area (Å²) in [6, 6.07) is 11.4. The molecule has 0 fully saturated rings. The fourth-order valence-electron chi connectivity index (χ4n) is 2.96. The van der Waals surface area contributed by atoms with Gasteiger partial charge in [0.25, 0.3) is 5.91 Å². The number of ether oxygens (including phenoxy) is 2. The molecule has 0 spiro atoms. The third-order valence-electron chi connectivity index (χ3n) is 4.51. The van der Waals surface area contributed by atoms with Gasteiger partial charge in [-0.3, -0.25) is 4.79 Å². The molecule has 3 rings (SSSR count). The van der Waals surface area contributed by atoms with Gasteiger partial charge in [0.1, 0.15) is 0 Å². The van der Waals surface area contributed by atoms with Gasteiger partial charge in [-0.15, -0.1) is 6.58 Å². The first-order valence-electron chi connectivity index (χ1n) is 9.03. The van der Waals surface area contributed by atoms with Crippen molar-refractivity contribution in [2.24, 2.45) is 4.99 Å². The Labute approximate surface area is 168 Å². The zero-order valence-electron chi connectivity index (χ0n) is 16.6. The Bertz CT molecular complexity index is 1090. The standard InChI is InChI=1S/C22H24N2O3S/c1-6-11-24-17-9-7-15(14(2)3)13-20(17)28-22(24)23-21(25)16-8-10-18(26-4)19(12-16)27-5/h6-10,12-14H,1,11H2,2-5H3. The molecule has 0 aliphatic heterocycles. The lowest BCUT2D eigenvalue weighted by Gasteiger charge is -2.07. The van der Waals surface area contributed by atoms with E-state index in [0.717, 1.165) is 10.2 Å². The van der Waals surface area contributed by atoms with Gasteiger partial charge in [0.05, 0.1) is 24.4 Å². The number of fused-ring (bicyclic) bond motifs is 1. The van der Waals surface area contributed by atoms with Gasteiger partial charge in [-0.05, 0) is 41.8 Å². The molecule has 0 saturated heterocycles. The van der Waals surface area contributed by atoms with E-state index in [1.54, 1.807) is 32.4 Å². The molecular weight excluding hydrogens is 372 g/mol. The van der Waals surface area contributed by atoms with Crippen molar-refractivity contribution < 1.29 is 14.3 Å². The second kappa shape index (κ2) is 8.44. The van der Waals surface area contributed by atoms with E-state index >= 15 is 0 Å². The average molecular weight is 397 g/mol. The smallest absolute Gasteiger partial charge is 0.279 e. The lowest BCUT2D eigenvalue weighted by Crippen LogP contribution is -2.16. The van der Waals surface area contributed by atoms with E-state index in [1.807, 2.05) is 10.6 Å². The lowest BCUT2D eigenvalue weighted by atomic mass is 10.0. The predicted molar refractivity (Wildman–Crippen MR) is 114 cm³/mol. The van der Waals surface area contributed by atoms with Crippen LogP contribution < -0.4 is 14.3 Å². The maximum Gasteiger partial charge on any atom is 0.279 e. The SMILES string of the molecule is C=CCn1c(=NC(=O)c2ccc(OC)c(OC)c2)sc2cc(C(C)C)ccc21. The second-order valence-electron chi connectivity index (χ2n) is 6.65. The molecule has 1 amide bonds. The highest BCUT2D eigenvalue weighted by molar-refractivity contribution is 7.16. The summed E-state index contributed by atoms with van der Waals surface area (Å²) in [4.78, 5) is 17.8. The summed E-state index contributed by atoms with van der Waals surface area (Å²) in [6.07, 6.45) is 1.81. The fourth-order valence-corrected chi connectivity index (χ4v) is 4.05. The zero-order valence-corrected chi connectivity index (χ0v) is 17.4. The Kier molecular flexibility index (Phi) is 5.99. The van der Waals surface area contributed by atoms with E-state index in [0.29, 0.717) is 34.3 Å². The lowest BCUT2D eigenvalue weighted by molar-refractivity contribution is 0.0997. The van der Waals surface area contributed by atoms with Crippen LogP contribution in [0.15, 0.2) is 54.0 Å². The van der Waals surface area contributed by atoms with E-state index in [4.69, 9.17) is 9.47 Å². The van der Waals surface area contributed by atoms with Gasteiger partial charge in [-0.1, -0.05) is 37.3 Å². The third kappa shape index (κ3) is 3.87. The number of allylic oxidation sites excluding steroid dienone is 1. The van der Waals surface area contributed by atoms with Crippen molar-refractivity contribution >= 4 is 27.5 Å². The molecule has 3 aromatic rings. The normalized spacial score (nSPS) is 11.8. The van der Waals surface area contributed by atoms with Gasteiger partial charge >= 0.3 is 0 Å². The fraction of sp³-hybridized carbons (Fsp3) is 0.273. The van der Waals surface area contributed by atoms with E-state index < -0.39 is 0 Å². The molecule has 0 radical (unpaired) electrons. The number of hydrogen-bond acceptors (Lipinski definition) is 4. The Hall–Kier alpha value is -2.86. The van der Waals surface area contributed by atoms with Gasteiger partial charge < -0.3 is 14.0 Å². The molecular formula is C22H24N2O3S. The minimum absolute atomic E-state index is 0.325. The van der Waals surface area contributed by atoms with E-state index in [9.17, 15) is 4.79 Å². The summed E-state index contributed by atoms with van der Waals surface area (Å²) < 4.78 is 13.6. The summed E-state index contributed by atoms with van der Waals surface area (Å²) in [5.74, 6) is 1.19. The number of carbonyl (C=O) groups is 1. The highest BCUT2D eigenvalue weighted by atomic mass is 32.1. The molecule has 0 bridgehead atoms. The summed E-state index contributed by atoms with van der Waals surface area (Å²) in [7, 11) is 3.10. The van der Waals surface area contributed by atoms with Gasteiger partial charge in [0, 0.05) is 12.1 Å². The molecule has 6 heteroatoms. The molecule has 2 aromatic carbocycles. The van der Waals surface area contributed by atoms with Crippen LogP contribution >= 0.6 is 11.3 Å². The van der Waals surface area contributed by atoms with Gasteiger partial charge in [-0.25, -0.2) is 0 Å². The Morgan fingerprint density at radius 3 is 2.57 bits per heavy atom. The first-order valence-corrected chi connectivity index (χ1v) is 9.85. The number of aromatic nitrogens is 1. The third-order valence-corrected chi connectivity index (χ3v) is 5.55. The number of methoxy groups -OCH3 is 2. The molecule has 28 heavy (non-hydrogen) atoms. The van der Waals surface area contributed by atoms with Crippen molar-refractivity contribution in [1.29, 1.82) is 0 Å². The first-order chi connectivity index (χ1) is 13.5. The van der Waals surface area contributed by atoms with Crippen LogP contribution in [0.25, 0.3) is 10.2 Å². The van der Waals surface area contributed by atoms with Crippen LogP contribution in [0.2, 0.25) is 0 Å². The average Bonchev–Trinajstić information content (AvgIpc) is 3.03. The monoisotopic (exact) mass is 396 g/mol. The molecule has 5 nitrogen and oxygen atoms in total. The maximum absolute atomic E-state index is 12.8. The van der Waals surface area contributed by atoms with E-state index in [2.05, 4.69) is 43.6 Å². The highest BCUT2D eigenvalue weighted by Crippen LogP contribution is 2.28. The van der Waals surface area contributed by atoms with E-state index in [-0.39, 0.29) is 5.91 Å². The van der Waals surface area contributed by atoms with Crippen LogP contribution in [0, 0.1) is 0 Å². The number of benzene rings is 2. The van der Waals surface area contributed by atoms with Crippen molar-refractivity contribution in [3.05, 3.63) is 65.0 Å². The molecule has 0 aliphatic rings. The van der Waals surface area contributed by atoms with Crippen LogP contribution in [0.3, 0.4) is 0 Å². The zero-order chi connectivity index (χ0) is 20.3. The van der Waals surface area contributed by atoms with Crippen LogP contribution in [-0.4, -0.2) is 24.7 Å². The van der Waals surface area contributed by atoms with Crippen molar-refractivity contribution in [2.45, 2.75) is 26.3 Å². The number of rotatable bonds is 6. The van der Waals surface area contributed by atoms with Crippen LogP contribution in [0.4, 0.5) is 0 Å².